The molecular weight excluding hydrogens is 506 g/mol. The van der Waals surface area contributed by atoms with E-state index in [1.165, 1.54) is 40.5 Å². The van der Waals surface area contributed by atoms with E-state index in [1.807, 2.05) is 0 Å². The Morgan fingerprint density at radius 1 is 1.40 bits per heavy atom. The minimum absolute atomic E-state index is 0.136. The van der Waals surface area contributed by atoms with Crippen LogP contribution in [0.25, 0.3) is 0 Å². The molecule has 2 aliphatic rings. The average molecular weight is 524 g/mol. The summed E-state index contributed by atoms with van der Waals surface area (Å²) in [6.07, 6.45) is 1.35. The Morgan fingerprint density at radius 3 is 2.83 bits per heavy atom. The smallest absolute Gasteiger partial charge is 0.352 e. The van der Waals surface area contributed by atoms with Gasteiger partial charge in [-0.3, -0.25) is 19.6 Å². The quantitative estimate of drug-likeness (QED) is 0.118. The predicted octanol–water partition coefficient (Wildman–Crippen LogP) is -1.73. The van der Waals surface area contributed by atoms with E-state index in [1.54, 1.807) is 7.05 Å². The fourth-order valence-corrected chi connectivity index (χ4v) is 5.59. The van der Waals surface area contributed by atoms with Crippen LogP contribution in [0.3, 0.4) is 0 Å². The van der Waals surface area contributed by atoms with Crippen LogP contribution >= 0.6 is 23.5 Å². The summed E-state index contributed by atoms with van der Waals surface area (Å²) in [5.74, 6) is -3.42. The molecule has 2 atom stereocenters. The van der Waals surface area contributed by atoms with E-state index >= 15 is 0 Å². The molecule has 18 heteroatoms. The number of aryl methyl sites for hydroxylation is 1. The zero-order valence-electron chi connectivity index (χ0n) is 17.8. The molecule has 0 bridgehead atoms. The van der Waals surface area contributed by atoms with Crippen molar-refractivity contribution >= 4 is 53.0 Å². The maximum atomic E-state index is 12.9. The van der Waals surface area contributed by atoms with Gasteiger partial charge in [-0.25, -0.2) is 14.3 Å². The highest BCUT2D eigenvalue weighted by Crippen LogP contribution is 2.41. The van der Waals surface area contributed by atoms with E-state index in [9.17, 15) is 24.3 Å². The molecule has 2 amide bonds. The molecule has 0 spiro atoms. The van der Waals surface area contributed by atoms with Gasteiger partial charge in [-0.2, -0.15) is 5.10 Å². The zero-order valence-corrected chi connectivity index (χ0v) is 19.4. The van der Waals surface area contributed by atoms with E-state index in [-0.39, 0.29) is 22.9 Å². The van der Waals surface area contributed by atoms with E-state index in [0.29, 0.717) is 16.5 Å². The molecule has 0 aliphatic carbocycles. The predicted molar refractivity (Wildman–Crippen MR) is 118 cm³/mol. The van der Waals surface area contributed by atoms with Crippen LogP contribution in [-0.4, -0.2) is 105 Å². The molecule has 16 nitrogen and oxygen atoms in total. The molecule has 2 aromatic heterocycles. The van der Waals surface area contributed by atoms with Gasteiger partial charge in [-0.05, 0) is 22.1 Å². The molecule has 4 N–H and O–H groups in total. The highest BCUT2D eigenvalue weighted by molar-refractivity contribution is 8.01. The van der Waals surface area contributed by atoms with Crippen LogP contribution in [-0.2, 0) is 31.1 Å². The number of carboxylic acids is 2. The molecule has 1 saturated heterocycles. The molecule has 1 fully saturated rings. The van der Waals surface area contributed by atoms with E-state index in [4.69, 9.17) is 5.11 Å². The Labute approximate surface area is 204 Å². The van der Waals surface area contributed by atoms with Crippen molar-refractivity contribution in [2.24, 2.45) is 12.2 Å². The van der Waals surface area contributed by atoms with Crippen molar-refractivity contribution in [2.75, 3.05) is 18.1 Å². The van der Waals surface area contributed by atoms with E-state index < -0.39 is 41.8 Å². The van der Waals surface area contributed by atoms with Crippen molar-refractivity contribution < 1.29 is 34.2 Å². The van der Waals surface area contributed by atoms with Crippen LogP contribution in [0.5, 0.6) is 0 Å². The summed E-state index contributed by atoms with van der Waals surface area (Å²) in [6.45, 7) is -0.780. The lowest BCUT2D eigenvalue weighted by molar-refractivity contribution is -0.150. The third-order valence-corrected chi connectivity index (χ3v) is 7.24. The third-order valence-electron chi connectivity index (χ3n) is 4.81. The lowest BCUT2D eigenvalue weighted by Gasteiger charge is -2.49. The number of hydrogen-bond acceptors (Lipinski definition) is 12. The molecule has 184 valence electrons. The number of carboxylic acid groups (broad SMARTS) is 2. The number of carbonyl (C=O) groups excluding carboxylic acids is 2. The van der Waals surface area contributed by atoms with Crippen LogP contribution in [0.4, 0.5) is 0 Å². The third kappa shape index (κ3) is 4.97. The first-order valence-corrected chi connectivity index (χ1v) is 11.8. The number of hydrogen-bond donors (Lipinski definition) is 4. The van der Waals surface area contributed by atoms with Crippen molar-refractivity contribution in [3.63, 3.8) is 0 Å². The number of fused-ring (bicyclic) bond motifs is 1. The SMILES string of the molecule is Cn1nnnc1SCC1=C(C(=O)O)N2C(=O)[C@@H](NC(=O)/C(=N/OCC(=O)O)c3ccn[nH]3)[C@H]2SC1. The Balaban J connectivity index is 1.48. The summed E-state index contributed by atoms with van der Waals surface area (Å²) < 4.78 is 1.45. The Kier molecular flexibility index (Phi) is 7.01. The average Bonchev–Trinajstić information content (AvgIpc) is 3.49. The van der Waals surface area contributed by atoms with Gasteiger partial charge in [0.25, 0.3) is 11.8 Å². The van der Waals surface area contributed by atoms with Crippen LogP contribution in [0.15, 0.2) is 33.8 Å². The molecular formula is C17H17N9O7S2. The normalized spacial score (nSPS) is 19.7. The maximum absolute atomic E-state index is 12.9. The summed E-state index contributed by atoms with van der Waals surface area (Å²) in [4.78, 5) is 54.2. The van der Waals surface area contributed by atoms with Crippen molar-refractivity contribution in [3.8, 4) is 0 Å². The second-order valence-corrected chi connectivity index (χ2v) is 9.12. The molecule has 35 heavy (non-hydrogen) atoms. The number of H-pyrrole nitrogens is 1. The van der Waals surface area contributed by atoms with E-state index in [0.717, 1.165) is 4.90 Å². The Morgan fingerprint density at radius 2 is 2.20 bits per heavy atom. The fourth-order valence-electron chi connectivity index (χ4n) is 3.25. The second kappa shape index (κ2) is 10.1. The van der Waals surface area contributed by atoms with Crippen LogP contribution in [0.1, 0.15) is 5.69 Å². The van der Waals surface area contributed by atoms with Crippen molar-refractivity contribution in [2.45, 2.75) is 16.6 Å². The molecule has 0 aromatic carbocycles. The summed E-state index contributed by atoms with van der Waals surface area (Å²) in [7, 11) is 1.65. The van der Waals surface area contributed by atoms with Gasteiger partial charge in [0.05, 0.1) is 5.69 Å². The number of carbonyl (C=O) groups is 4. The number of aromatic amines is 1. The number of β-lactam (4-membered cyclic amide) rings is 1. The lowest BCUT2D eigenvalue weighted by Crippen LogP contribution is -2.71. The lowest BCUT2D eigenvalue weighted by atomic mass is 10.0. The first kappa shape index (κ1) is 24.2. The number of amides is 2. The molecule has 0 radical (unpaired) electrons. The van der Waals surface area contributed by atoms with Crippen LogP contribution < -0.4 is 5.32 Å². The maximum Gasteiger partial charge on any atom is 0.352 e. The minimum Gasteiger partial charge on any atom is -0.479 e. The molecule has 2 aromatic rings. The van der Waals surface area contributed by atoms with Gasteiger partial charge in [0, 0.05) is 24.8 Å². The van der Waals surface area contributed by atoms with Gasteiger partial charge >= 0.3 is 11.9 Å². The van der Waals surface area contributed by atoms with Gasteiger partial charge in [0.2, 0.25) is 11.8 Å². The fraction of sp³-hybridized carbons (Fsp3) is 0.353. The van der Waals surface area contributed by atoms with Gasteiger partial charge in [-0.1, -0.05) is 16.9 Å². The van der Waals surface area contributed by atoms with Crippen molar-refractivity contribution in [1.82, 2.24) is 40.6 Å². The standard InChI is InChI=1S/C17H17N9O7S2/c1-25-17(21-23-24-25)35-6-7-5-34-15-11(14(30)26(15)12(7)16(31)32)19-13(29)10(8-2-3-18-20-8)22-33-4-9(27)28/h2-3,11,15H,4-6H2,1H3,(H,18,20)(H,19,29)(H,27,28)(H,31,32)/b22-10+/t11-,15-/m1/s1. The number of rotatable bonds is 10. The first-order valence-electron chi connectivity index (χ1n) is 9.75. The Hall–Kier alpha value is -3.93. The zero-order chi connectivity index (χ0) is 25.1. The second-order valence-electron chi connectivity index (χ2n) is 7.07. The number of tetrazole rings is 1. The first-order chi connectivity index (χ1) is 16.8. The number of nitrogens with one attached hydrogen (secondary N) is 2. The van der Waals surface area contributed by atoms with Gasteiger partial charge in [-0.15, -0.1) is 16.9 Å². The highest BCUT2D eigenvalue weighted by Gasteiger charge is 2.54. The van der Waals surface area contributed by atoms with Gasteiger partial charge < -0.3 is 20.4 Å². The van der Waals surface area contributed by atoms with Crippen molar-refractivity contribution in [3.05, 3.63) is 29.2 Å². The minimum atomic E-state index is -1.29. The Bertz CT molecular complexity index is 1230. The number of aliphatic carboxylic acids is 2. The molecule has 0 saturated carbocycles. The largest absolute Gasteiger partial charge is 0.479 e. The summed E-state index contributed by atoms with van der Waals surface area (Å²) in [6, 6.07) is 0.390. The van der Waals surface area contributed by atoms with Crippen LogP contribution in [0, 0.1) is 0 Å². The topological polar surface area (TPSA) is 218 Å². The summed E-state index contributed by atoms with van der Waals surface area (Å²) in [5, 5.41) is 41.8. The number of oxime groups is 1. The number of nitrogens with zero attached hydrogens (tertiary/aromatic N) is 7. The summed E-state index contributed by atoms with van der Waals surface area (Å²) >= 11 is 2.53. The van der Waals surface area contributed by atoms with Crippen molar-refractivity contribution in [1.29, 1.82) is 0 Å². The number of aromatic nitrogens is 6. The van der Waals surface area contributed by atoms with Crippen LogP contribution in [0.2, 0.25) is 0 Å². The van der Waals surface area contributed by atoms with Gasteiger partial charge in [0.15, 0.2) is 5.71 Å². The number of thioether (sulfide) groups is 2. The molecule has 4 rings (SSSR count). The summed E-state index contributed by atoms with van der Waals surface area (Å²) in [5.41, 5.74) is 0.196. The highest BCUT2D eigenvalue weighted by atomic mass is 32.2. The molecule has 4 heterocycles. The van der Waals surface area contributed by atoms with E-state index in [2.05, 4.69) is 41.0 Å². The molecule has 0 unspecified atom stereocenters. The molecule has 2 aliphatic heterocycles. The van der Waals surface area contributed by atoms with Gasteiger partial charge in [0.1, 0.15) is 17.1 Å². The monoisotopic (exact) mass is 523 g/mol.